The van der Waals surface area contributed by atoms with Gasteiger partial charge in [0.05, 0.1) is 23.6 Å². The van der Waals surface area contributed by atoms with Crippen molar-refractivity contribution in [1.29, 1.82) is 0 Å². The summed E-state index contributed by atoms with van der Waals surface area (Å²) in [5, 5.41) is 11.0. The van der Waals surface area contributed by atoms with Crippen LogP contribution in [-0.4, -0.2) is 37.3 Å². The maximum Gasteiger partial charge on any atom is 0.416 e. The molecule has 12 heteroatoms. The fourth-order valence-electron chi connectivity index (χ4n) is 2.90. The van der Waals surface area contributed by atoms with Gasteiger partial charge in [0, 0.05) is 23.3 Å². The Balaban J connectivity index is 1.68. The molecule has 0 aliphatic heterocycles. The number of carbonyl (C=O) groups is 1. The molecule has 4 rings (SSSR count). The van der Waals surface area contributed by atoms with Crippen molar-refractivity contribution in [3.8, 4) is 17.1 Å². The number of halogens is 3. The Bertz CT molecular complexity index is 1260. The molecule has 1 aromatic carbocycles. The number of pyridine rings is 1. The van der Waals surface area contributed by atoms with E-state index in [-0.39, 0.29) is 18.0 Å². The highest BCUT2D eigenvalue weighted by atomic mass is 32.2. The van der Waals surface area contributed by atoms with Gasteiger partial charge in [0.2, 0.25) is 0 Å². The largest absolute Gasteiger partial charge is 0.461 e. The van der Waals surface area contributed by atoms with Gasteiger partial charge in [-0.15, -0.1) is 21.5 Å². The van der Waals surface area contributed by atoms with Gasteiger partial charge in [-0.25, -0.2) is 9.78 Å². The molecular formula is C21H16F3N5O2S2. The third-order valence-corrected chi connectivity index (χ3v) is 6.32. The summed E-state index contributed by atoms with van der Waals surface area (Å²) in [6.45, 7) is 1.96. The Hall–Kier alpha value is -3.25. The predicted molar refractivity (Wildman–Crippen MR) is 117 cm³/mol. The molecule has 0 aliphatic rings. The van der Waals surface area contributed by atoms with Crippen LogP contribution in [0.3, 0.4) is 0 Å². The summed E-state index contributed by atoms with van der Waals surface area (Å²) >= 11 is 2.53. The molecule has 0 atom stereocenters. The predicted octanol–water partition coefficient (Wildman–Crippen LogP) is 5.27. The third kappa shape index (κ3) is 5.22. The zero-order valence-corrected chi connectivity index (χ0v) is 18.7. The van der Waals surface area contributed by atoms with Crippen LogP contribution in [0.2, 0.25) is 0 Å². The number of hydrogen-bond acceptors (Lipinski definition) is 8. The maximum atomic E-state index is 13.3. The molecule has 0 bridgehead atoms. The van der Waals surface area contributed by atoms with E-state index in [0.29, 0.717) is 27.3 Å². The normalized spacial score (nSPS) is 11.5. The second-order valence-electron chi connectivity index (χ2n) is 6.57. The average molecular weight is 492 g/mol. The molecular weight excluding hydrogens is 475 g/mol. The van der Waals surface area contributed by atoms with Crippen molar-refractivity contribution in [3.63, 3.8) is 0 Å². The van der Waals surface area contributed by atoms with Crippen LogP contribution in [0.1, 0.15) is 28.0 Å². The molecule has 33 heavy (non-hydrogen) atoms. The molecule has 0 unspecified atom stereocenters. The number of aromatic nitrogens is 5. The molecule has 7 nitrogen and oxygen atoms in total. The minimum atomic E-state index is -4.49. The summed E-state index contributed by atoms with van der Waals surface area (Å²) < 4.78 is 46.5. The molecule has 170 valence electrons. The number of benzene rings is 1. The molecule has 0 aliphatic carbocycles. The summed E-state index contributed by atoms with van der Waals surface area (Å²) in [4.78, 5) is 20.2. The van der Waals surface area contributed by atoms with Gasteiger partial charge in [0.25, 0.3) is 0 Å². The Morgan fingerprint density at radius 2 is 2.06 bits per heavy atom. The van der Waals surface area contributed by atoms with Crippen molar-refractivity contribution < 1.29 is 22.7 Å². The fourth-order valence-corrected chi connectivity index (χ4v) is 4.64. The monoisotopic (exact) mass is 491 g/mol. The lowest BCUT2D eigenvalue weighted by Crippen LogP contribution is -2.07. The SMILES string of the molecule is CCOC(=O)c1csc(CSc2nnc(-c3cccnc3)n2-c2cccc(C(F)(F)F)c2)n1. The van der Waals surface area contributed by atoms with Gasteiger partial charge in [0.15, 0.2) is 16.7 Å². The number of alkyl halides is 3. The van der Waals surface area contributed by atoms with Crippen molar-refractivity contribution in [3.05, 3.63) is 70.4 Å². The molecule has 0 amide bonds. The molecule has 0 fully saturated rings. The van der Waals surface area contributed by atoms with Crippen LogP contribution < -0.4 is 0 Å². The minimum Gasteiger partial charge on any atom is -0.461 e. The topological polar surface area (TPSA) is 82.8 Å². The van der Waals surface area contributed by atoms with Crippen LogP contribution in [0, 0.1) is 0 Å². The minimum absolute atomic E-state index is 0.216. The van der Waals surface area contributed by atoms with E-state index >= 15 is 0 Å². The molecule has 3 heterocycles. The second-order valence-corrected chi connectivity index (χ2v) is 8.45. The highest BCUT2D eigenvalue weighted by Gasteiger charge is 2.31. The Morgan fingerprint density at radius 1 is 1.21 bits per heavy atom. The van der Waals surface area contributed by atoms with Crippen LogP contribution in [-0.2, 0) is 16.7 Å². The van der Waals surface area contributed by atoms with Gasteiger partial charge in [-0.3, -0.25) is 9.55 Å². The van der Waals surface area contributed by atoms with E-state index in [1.165, 1.54) is 29.2 Å². The van der Waals surface area contributed by atoms with E-state index in [0.717, 1.165) is 12.1 Å². The number of esters is 1. The average Bonchev–Trinajstić information content (AvgIpc) is 3.45. The first-order valence-corrected chi connectivity index (χ1v) is 11.5. The van der Waals surface area contributed by atoms with E-state index in [1.54, 1.807) is 47.5 Å². The van der Waals surface area contributed by atoms with Crippen molar-refractivity contribution in [2.75, 3.05) is 6.61 Å². The van der Waals surface area contributed by atoms with Gasteiger partial charge in [-0.05, 0) is 37.3 Å². The number of carbonyl (C=O) groups excluding carboxylic acids is 1. The summed E-state index contributed by atoms with van der Waals surface area (Å²) in [5.41, 5.74) is 0.310. The van der Waals surface area contributed by atoms with Crippen LogP contribution in [0.15, 0.2) is 59.3 Å². The van der Waals surface area contributed by atoms with Crippen LogP contribution in [0.25, 0.3) is 17.1 Å². The quantitative estimate of drug-likeness (QED) is 0.257. The Labute approximate surface area is 194 Å². The van der Waals surface area contributed by atoms with Gasteiger partial charge < -0.3 is 4.74 Å². The van der Waals surface area contributed by atoms with Crippen molar-refractivity contribution >= 4 is 29.1 Å². The number of ether oxygens (including phenoxy) is 1. The summed E-state index contributed by atoms with van der Waals surface area (Å²) in [6, 6.07) is 8.42. The zero-order valence-electron chi connectivity index (χ0n) is 17.1. The molecule has 0 saturated carbocycles. The van der Waals surface area contributed by atoms with E-state index < -0.39 is 17.7 Å². The molecule has 0 saturated heterocycles. The second kappa shape index (κ2) is 9.71. The van der Waals surface area contributed by atoms with E-state index in [4.69, 9.17) is 4.74 Å². The van der Waals surface area contributed by atoms with E-state index in [1.807, 2.05) is 0 Å². The number of rotatable bonds is 7. The number of nitrogens with zero attached hydrogens (tertiary/aromatic N) is 5. The summed E-state index contributed by atoms with van der Waals surface area (Å²) in [6.07, 6.45) is -1.33. The van der Waals surface area contributed by atoms with Gasteiger partial charge in [0.1, 0.15) is 5.01 Å². The number of thiazole rings is 1. The molecule has 0 spiro atoms. The van der Waals surface area contributed by atoms with Gasteiger partial charge in [-0.1, -0.05) is 17.8 Å². The van der Waals surface area contributed by atoms with Gasteiger partial charge >= 0.3 is 12.1 Å². The van der Waals surface area contributed by atoms with Crippen molar-refractivity contribution in [2.45, 2.75) is 24.0 Å². The van der Waals surface area contributed by atoms with Crippen LogP contribution >= 0.6 is 23.1 Å². The maximum absolute atomic E-state index is 13.3. The number of hydrogen-bond donors (Lipinski definition) is 0. The lowest BCUT2D eigenvalue weighted by molar-refractivity contribution is -0.137. The highest BCUT2D eigenvalue weighted by Crippen LogP contribution is 2.34. The van der Waals surface area contributed by atoms with Gasteiger partial charge in [-0.2, -0.15) is 13.2 Å². The van der Waals surface area contributed by atoms with Crippen molar-refractivity contribution in [2.24, 2.45) is 0 Å². The van der Waals surface area contributed by atoms with Crippen LogP contribution in [0.5, 0.6) is 0 Å². The fraction of sp³-hybridized carbons (Fsp3) is 0.190. The highest BCUT2D eigenvalue weighted by molar-refractivity contribution is 7.98. The first-order chi connectivity index (χ1) is 15.9. The molecule has 3 aromatic heterocycles. The summed E-state index contributed by atoms with van der Waals surface area (Å²) in [5.74, 6) is 0.195. The molecule has 0 N–H and O–H groups in total. The van der Waals surface area contributed by atoms with E-state index in [9.17, 15) is 18.0 Å². The standard InChI is InChI=1S/C21H16F3N5O2S2/c1-2-31-19(30)16-11-32-17(26-16)12-33-20-28-27-18(13-5-4-8-25-10-13)29(20)15-7-3-6-14(9-15)21(22,23)24/h3-11H,2,12H2,1H3. The molecule has 0 radical (unpaired) electrons. The lowest BCUT2D eigenvalue weighted by Gasteiger charge is -2.13. The summed E-state index contributed by atoms with van der Waals surface area (Å²) in [7, 11) is 0. The molecule has 4 aromatic rings. The zero-order chi connectivity index (χ0) is 23.4. The smallest absolute Gasteiger partial charge is 0.416 e. The third-order valence-electron chi connectivity index (χ3n) is 4.35. The Morgan fingerprint density at radius 3 is 2.79 bits per heavy atom. The lowest BCUT2D eigenvalue weighted by atomic mass is 10.2. The van der Waals surface area contributed by atoms with E-state index in [2.05, 4.69) is 20.2 Å². The van der Waals surface area contributed by atoms with Crippen molar-refractivity contribution in [1.82, 2.24) is 24.7 Å². The Kier molecular flexibility index (Phi) is 6.75. The first-order valence-electron chi connectivity index (χ1n) is 9.64. The number of thioether (sulfide) groups is 1. The first kappa shape index (κ1) is 22.9. The van der Waals surface area contributed by atoms with Crippen LogP contribution in [0.4, 0.5) is 13.2 Å².